The first-order valence-electron chi connectivity index (χ1n) is 4.72. The van der Waals surface area contributed by atoms with Crippen LogP contribution in [0.3, 0.4) is 0 Å². The molecule has 1 atom stereocenters. The lowest BCUT2D eigenvalue weighted by atomic mass is 10.1. The molecule has 0 bridgehead atoms. The van der Waals surface area contributed by atoms with E-state index in [0.29, 0.717) is 12.2 Å². The van der Waals surface area contributed by atoms with E-state index in [2.05, 4.69) is 5.48 Å². The minimum Gasteiger partial charge on any atom is -0.383 e. The van der Waals surface area contributed by atoms with E-state index in [1.165, 1.54) is 13.2 Å². The van der Waals surface area contributed by atoms with Gasteiger partial charge in [-0.1, -0.05) is 12.1 Å². The van der Waals surface area contributed by atoms with Crippen LogP contribution in [-0.2, 0) is 9.57 Å². The van der Waals surface area contributed by atoms with Gasteiger partial charge in [0.2, 0.25) is 0 Å². The van der Waals surface area contributed by atoms with Crippen LogP contribution in [0.5, 0.6) is 0 Å². The minimum atomic E-state index is -0.216. The Kier molecular flexibility index (Phi) is 4.68. The second-order valence-electron chi connectivity index (χ2n) is 3.34. The van der Waals surface area contributed by atoms with E-state index in [9.17, 15) is 4.39 Å². The second kappa shape index (κ2) is 5.80. The smallest absolute Gasteiger partial charge is 0.126 e. The Balaban J connectivity index is 2.85. The van der Waals surface area contributed by atoms with Crippen molar-refractivity contribution in [2.45, 2.75) is 13.0 Å². The van der Waals surface area contributed by atoms with E-state index >= 15 is 0 Å². The zero-order valence-corrected chi connectivity index (χ0v) is 9.21. The van der Waals surface area contributed by atoms with Crippen molar-refractivity contribution < 1.29 is 14.0 Å². The van der Waals surface area contributed by atoms with E-state index in [1.54, 1.807) is 20.1 Å². The maximum atomic E-state index is 13.3. The monoisotopic (exact) mass is 213 g/mol. The Bertz CT molecular complexity index is 311. The van der Waals surface area contributed by atoms with Crippen molar-refractivity contribution in [3.05, 3.63) is 35.1 Å². The van der Waals surface area contributed by atoms with Gasteiger partial charge in [0, 0.05) is 7.11 Å². The Hall–Kier alpha value is -0.970. The quantitative estimate of drug-likeness (QED) is 0.758. The lowest BCUT2D eigenvalue weighted by Crippen LogP contribution is -2.24. The third kappa shape index (κ3) is 3.27. The molecule has 1 aromatic carbocycles. The van der Waals surface area contributed by atoms with Crippen LogP contribution in [0.2, 0.25) is 0 Å². The van der Waals surface area contributed by atoms with Gasteiger partial charge in [0.1, 0.15) is 5.82 Å². The lowest BCUT2D eigenvalue weighted by molar-refractivity contribution is 0.0291. The number of nitrogens with one attached hydrogen (secondary N) is 1. The fourth-order valence-corrected chi connectivity index (χ4v) is 1.33. The molecule has 15 heavy (non-hydrogen) atoms. The zero-order chi connectivity index (χ0) is 11.3. The predicted octanol–water partition coefficient (Wildman–Crippen LogP) is 1.97. The third-order valence-electron chi connectivity index (χ3n) is 2.19. The highest BCUT2D eigenvalue weighted by atomic mass is 19.1. The maximum Gasteiger partial charge on any atom is 0.126 e. The largest absolute Gasteiger partial charge is 0.383 e. The summed E-state index contributed by atoms with van der Waals surface area (Å²) in [6, 6.07) is 4.93. The molecule has 0 aliphatic carbocycles. The SMILES string of the molecule is COC[C@H](NOC)c1ccc(C)c(F)c1. The molecule has 0 aliphatic rings. The van der Waals surface area contributed by atoms with Gasteiger partial charge in [-0.2, -0.15) is 5.48 Å². The molecule has 3 nitrogen and oxygen atoms in total. The third-order valence-corrected chi connectivity index (χ3v) is 2.19. The van der Waals surface area contributed by atoms with E-state index < -0.39 is 0 Å². The molecule has 0 spiro atoms. The van der Waals surface area contributed by atoms with E-state index in [-0.39, 0.29) is 11.9 Å². The van der Waals surface area contributed by atoms with Crippen LogP contribution in [0.15, 0.2) is 18.2 Å². The van der Waals surface area contributed by atoms with E-state index in [0.717, 1.165) is 5.56 Å². The number of methoxy groups -OCH3 is 1. The number of halogens is 1. The molecule has 0 saturated heterocycles. The van der Waals surface area contributed by atoms with Gasteiger partial charge in [-0.15, -0.1) is 0 Å². The van der Waals surface area contributed by atoms with Gasteiger partial charge >= 0.3 is 0 Å². The predicted molar refractivity (Wildman–Crippen MR) is 55.9 cm³/mol. The number of ether oxygens (including phenoxy) is 1. The first kappa shape index (κ1) is 12.1. The van der Waals surface area contributed by atoms with Crippen LogP contribution < -0.4 is 5.48 Å². The van der Waals surface area contributed by atoms with Crippen LogP contribution in [0, 0.1) is 12.7 Å². The number of aryl methyl sites for hydroxylation is 1. The lowest BCUT2D eigenvalue weighted by Gasteiger charge is -2.17. The summed E-state index contributed by atoms with van der Waals surface area (Å²) >= 11 is 0. The Morgan fingerprint density at radius 2 is 2.13 bits per heavy atom. The van der Waals surface area contributed by atoms with Crippen molar-refractivity contribution in [2.24, 2.45) is 0 Å². The first-order chi connectivity index (χ1) is 7.19. The fraction of sp³-hybridized carbons (Fsp3) is 0.455. The van der Waals surface area contributed by atoms with Gasteiger partial charge in [0.15, 0.2) is 0 Å². The number of benzene rings is 1. The highest BCUT2D eigenvalue weighted by molar-refractivity contribution is 5.25. The molecule has 0 saturated carbocycles. The molecule has 0 fully saturated rings. The molecule has 0 aliphatic heterocycles. The molecular weight excluding hydrogens is 197 g/mol. The molecule has 0 aromatic heterocycles. The van der Waals surface area contributed by atoms with Crippen molar-refractivity contribution in [2.75, 3.05) is 20.8 Å². The highest BCUT2D eigenvalue weighted by Crippen LogP contribution is 2.16. The molecule has 0 radical (unpaired) electrons. The molecule has 0 unspecified atom stereocenters. The second-order valence-corrected chi connectivity index (χ2v) is 3.34. The Labute approximate surface area is 89.2 Å². The number of hydrogen-bond acceptors (Lipinski definition) is 3. The average Bonchev–Trinajstić information content (AvgIpc) is 2.22. The summed E-state index contributed by atoms with van der Waals surface area (Å²) in [6.07, 6.45) is 0. The van der Waals surface area contributed by atoms with Crippen molar-refractivity contribution in [1.29, 1.82) is 0 Å². The summed E-state index contributed by atoms with van der Waals surface area (Å²) in [5, 5.41) is 0. The normalized spacial score (nSPS) is 12.8. The summed E-state index contributed by atoms with van der Waals surface area (Å²) in [7, 11) is 3.11. The number of rotatable bonds is 5. The maximum absolute atomic E-state index is 13.3. The average molecular weight is 213 g/mol. The molecule has 1 rings (SSSR count). The van der Waals surface area contributed by atoms with E-state index in [1.807, 2.05) is 6.07 Å². The van der Waals surface area contributed by atoms with Crippen LogP contribution in [-0.4, -0.2) is 20.8 Å². The molecular formula is C11H16FNO2. The summed E-state index contributed by atoms with van der Waals surface area (Å²) in [5.74, 6) is -0.216. The standard InChI is InChI=1S/C11H16FNO2/c1-8-4-5-9(6-10(8)12)11(7-14-2)13-15-3/h4-6,11,13H,7H2,1-3H3/t11-/m0/s1. The fourth-order valence-electron chi connectivity index (χ4n) is 1.33. The van der Waals surface area contributed by atoms with Crippen molar-refractivity contribution in [1.82, 2.24) is 5.48 Å². The molecule has 0 heterocycles. The van der Waals surface area contributed by atoms with Crippen LogP contribution in [0.4, 0.5) is 4.39 Å². The van der Waals surface area contributed by atoms with Crippen molar-refractivity contribution in [3.8, 4) is 0 Å². The van der Waals surface area contributed by atoms with Gasteiger partial charge in [-0.25, -0.2) is 4.39 Å². The van der Waals surface area contributed by atoms with Gasteiger partial charge in [-0.05, 0) is 24.1 Å². The molecule has 1 aromatic rings. The van der Waals surface area contributed by atoms with Crippen LogP contribution >= 0.6 is 0 Å². The van der Waals surface area contributed by atoms with Crippen molar-refractivity contribution in [3.63, 3.8) is 0 Å². The zero-order valence-electron chi connectivity index (χ0n) is 9.21. The number of hydroxylamine groups is 1. The minimum absolute atomic E-state index is 0.157. The Morgan fingerprint density at radius 1 is 1.40 bits per heavy atom. The summed E-state index contributed by atoms with van der Waals surface area (Å²) in [5.41, 5.74) is 4.19. The Morgan fingerprint density at radius 3 is 2.67 bits per heavy atom. The number of hydrogen-bond donors (Lipinski definition) is 1. The molecule has 84 valence electrons. The van der Waals surface area contributed by atoms with Gasteiger partial charge in [0.25, 0.3) is 0 Å². The highest BCUT2D eigenvalue weighted by Gasteiger charge is 2.12. The van der Waals surface area contributed by atoms with Crippen LogP contribution in [0.1, 0.15) is 17.2 Å². The van der Waals surface area contributed by atoms with Gasteiger partial charge in [-0.3, -0.25) is 0 Å². The van der Waals surface area contributed by atoms with Gasteiger partial charge < -0.3 is 9.57 Å². The summed E-state index contributed by atoms with van der Waals surface area (Å²) in [4.78, 5) is 4.83. The van der Waals surface area contributed by atoms with Gasteiger partial charge in [0.05, 0.1) is 19.8 Å². The first-order valence-corrected chi connectivity index (χ1v) is 4.72. The molecule has 4 heteroatoms. The summed E-state index contributed by atoms with van der Waals surface area (Å²) in [6.45, 7) is 2.16. The summed E-state index contributed by atoms with van der Waals surface area (Å²) < 4.78 is 18.3. The van der Waals surface area contributed by atoms with E-state index in [4.69, 9.17) is 9.57 Å². The van der Waals surface area contributed by atoms with Crippen LogP contribution in [0.25, 0.3) is 0 Å². The molecule has 0 amide bonds. The van der Waals surface area contributed by atoms with Crippen molar-refractivity contribution >= 4 is 0 Å². The topological polar surface area (TPSA) is 30.5 Å². The molecule has 1 N–H and O–H groups in total.